The average molecular weight is 349 g/mol. The molecule has 0 N–H and O–H groups in total. The van der Waals surface area contributed by atoms with Crippen molar-refractivity contribution < 1.29 is 8.81 Å². The van der Waals surface area contributed by atoms with Crippen molar-refractivity contribution in [1.82, 2.24) is 9.78 Å². The van der Waals surface area contributed by atoms with Gasteiger partial charge in [0.15, 0.2) is 5.76 Å². The van der Waals surface area contributed by atoms with Crippen molar-refractivity contribution in [2.75, 3.05) is 0 Å². The van der Waals surface area contributed by atoms with Crippen LogP contribution in [0.5, 0.6) is 0 Å². The molecule has 3 aromatic rings. The Morgan fingerprint density at radius 2 is 2.10 bits per heavy atom. The molecular formula is C15H10BrFN2O2. The van der Waals surface area contributed by atoms with E-state index in [1.807, 2.05) is 0 Å². The van der Waals surface area contributed by atoms with Gasteiger partial charge in [0.2, 0.25) is 0 Å². The summed E-state index contributed by atoms with van der Waals surface area (Å²) in [5, 5.41) is 4.21. The number of aromatic nitrogens is 2. The fraction of sp³-hybridized carbons (Fsp3) is 0.0667. The zero-order valence-corrected chi connectivity index (χ0v) is 12.4. The average Bonchev–Trinajstić information content (AvgIpc) is 2.98. The smallest absolute Gasteiger partial charge is 0.267 e. The van der Waals surface area contributed by atoms with Gasteiger partial charge in [0.1, 0.15) is 11.5 Å². The highest BCUT2D eigenvalue weighted by atomic mass is 79.9. The van der Waals surface area contributed by atoms with Crippen LogP contribution in [-0.2, 0) is 6.54 Å². The maximum absolute atomic E-state index is 13.9. The molecule has 0 aliphatic heterocycles. The molecule has 106 valence electrons. The van der Waals surface area contributed by atoms with Crippen molar-refractivity contribution in [3.05, 3.63) is 74.9 Å². The Balaban J connectivity index is 1.98. The molecule has 0 spiro atoms. The predicted molar refractivity (Wildman–Crippen MR) is 79.4 cm³/mol. The summed E-state index contributed by atoms with van der Waals surface area (Å²) in [6, 6.07) is 11.2. The Morgan fingerprint density at radius 1 is 1.24 bits per heavy atom. The molecule has 3 rings (SSSR count). The molecule has 1 aromatic carbocycles. The standard InChI is InChI=1S/C15H10BrFN2O2/c16-11-4-3-10(12(17)8-11)9-19-15(20)6-5-13(18-19)14-2-1-7-21-14/h1-8H,9H2. The Kier molecular flexibility index (Phi) is 3.70. The minimum absolute atomic E-state index is 0.0620. The van der Waals surface area contributed by atoms with Gasteiger partial charge in [0.25, 0.3) is 5.56 Å². The molecule has 0 unspecified atom stereocenters. The zero-order chi connectivity index (χ0) is 14.8. The summed E-state index contributed by atoms with van der Waals surface area (Å²) >= 11 is 3.20. The van der Waals surface area contributed by atoms with Crippen LogP contribution in [0.25, 0.3) is 11.5 Å². The second kappa shape index (κ2) is 5.65. The fourth-order valence-corrected chi connectivity index (χ4v) is 2.26. The summed E-state index contributed by atoms with van der Waals surface area (Å²) < 4.78 is 21.0. The van der Waals surface area contributed by atoms with Crippen LogP contribution in [0.2, 0.25) is 0 Å². The van der Waals surface area contributed by atoms with Crippen LogP contribution < -0.4 is 5.56 Å². The van der Waals surface area contributed by atoms with Crippen LogP contribution >= 0.6 is 15.9 Å². The Hall–Kier alpha value is -2.21. The Bertz CT molecular complexity index is 828. The predicted octanol–water partition coefficient (Wildman–Crippen LogP) is 3.45. The third-order valence-corrected chi connectivity index (χ3v) is 3.47. The number of hydrogen-bond donors (Lipinski definition) is 0. The van der Waals surface area contributed by atoms with Crippen LogP contribution in [0, 0.1) is 5.82 Å². The monoisotopic (exact) mass is 348 g/mol. The highest BCUT2D eigenvalue weighted by Crippen LogP contribution is 2.17. The van der Waals surface area contributed by atoms with E-state index in [1.54, 1.807) is 30.3 Å². The molecule has 0 amide bonds. The summed E-state index contributed by atoms with van der Waals surface area (Å²) in [4.78, 5) is 11.9. The van der Waals surface area contributed by atoms with Crippen molar-refractivity contribution in [1.29, 1.82) is 0 Å². The minimum atomic E-state index is -0.388. The molecule has 21 heavy (non-hydrogen) atoms. The molecule has 2 heterocycles. The van der Waals surface area contributed by atoms with Crippen molar-refractivity contribution in [3.63, 3.8) is 0 Å². The van der Waals surface area contributed by atoms with Crippen molar-refractivity contribution in [2.45, 2.75) is 6.54 Å². The van der Waals surface area contributed by atoms with Crippen LogP contribution in [0.1, 0.15) is 5.56 Å². The molecule has 0 fully saturated rings. The normalized spacial score (nSPS) is 10.8. The number of nitrogens with zero attached hydrogens (tertiary/aromatic N) is 2. The molecule has 6 heteroatoms. The fourth-order valence-electron chi connectivity index (χ4n) is 1.93. The van der Waals surface area contributed by atoms with E-state index in [9.17, 15) is 9.18 Å². The number of benzene rings is 1. The summed E-state index contributed by atoms with van der Waals surface area (Å²) in [6.45, 7) is 0.0620. The van der Waals surface area contributed by atoms with E-state index in [4.69, 9.17) is 4.42 Å². The first-order valence-corrected chi connectivity index (χ1v) is 6.99. The van der Waals surface area contributed by atoms with Crippen LogP contribution in [0.3, 0.4) is 0 Å². The highest BCUT2D eigenvalue weighted by molar-refractivity contribution is 9.10. The van der Waals surface area contributed by atoms with E-state index in [-0.39, 0.29) is 17.9 Å². The summed E-state index contributed by atoms with van der Waals surface area (Å²) in [6.07, 6.45) is 1.53. The molecule has 4 nitrogen and oxygen atoms in total. The van der Waals surface area contributed by atoms with Gasteiger partial charge in [-0.15, -0.1) is 0 Å². The van der Waals surface area contributed by atoms with Crippen LogP contribution in [0.15, 0.2) is 62.4 Å². The third-order valence-electron chi connectivity index (χ3n) is 2.98. The SMILES string of the molecule is O=c1ccc(-c2ccco2)nn1Cc1ccc(Br)cc1F. The van der Waals surface area contributed by atoms with Crippen molar-refractivity contribution in [2.24, 2.45) is 0 Å². The van der Waals surface area contributed by atoms with Gasteiger partial charge < -0.3 is 4.42 Å². The van der Waals surface area contributed by atoms with Gasteiger partial charge in [-0.3, -0.25) is 4.79 Å². The molecule has 2 aromatic heterocycles. The molecule has 0 aliphatic carbocycles. The molecule has 0 bridgehead atoms. The lowest BCUT2D eigenvalue weighted by Crippen LogP contribution is -2.23. The maximum atomic E-state index is 13.9. The van der Waals surface area contributed by atoms with Gasteiger partial charge >= 0.3 is 0 Å². The van der Waals surface area contributed by atoms with Crippen molar-refractivity contribution >= 4 is 15.9 Å². The second-order valence-corrected chi connectivity index (χ2v) is 5.34. The van der Waals surface area contributed by atoms with Crippen LogP contribution in [0.4, 0.5) is 4.39 Å². The number of halogens is 2. The summed E-state index contributed by atoms with van der Waals surface area (Å²) in [5.74, 6) is 0.168. The minimum Gasteiger partial charge on any atom is -0.463 e. The number of furan rings is 1. The molecule has 0 radical (unpaired) electrons. The molecular weight excluding hydrogens is 339 g/mol. The topological polar surface area (TPSA) is 48.0 Å². The first-order valence-electron chi connectivity index (χ1n) is 6.19. The van der Waals surface area contributed by atoms with E-state index in [1.165, 1.54) is 23.1 Å². The van der Waals surface area contributed by atoms with Gasteiger partial charge in [-0.1, -0.05) is 22.0 Å². The molecule has 0 atom stereocenters. The quantitative estimate of drug-likeness (QED) is 0.728. The summed E-state index contributed by atoms with van der Waals surface area (Å²) in [5.41, 5.74) is 0.620. The van der Waals surface area contributed by atoms with E-state index < -0.39 is 0 Å². The van der Waals surface area contributed by atoms with Gasteiger partial charge in [-0.25, -0.2) is 9.07 Å². The molecule has 0 saturated carbocycles. The van der Waals surface area contributed by atoms with Gasteiger partial charge in [-0.05, 0) is 30.3 Å². The highest BCUT2D eigenvalue weighted by Gasteiger charge is 2.09. The molecule has 0 aliphatic rings. The van der Waals surface area contributed by atoms with Gasteiger partial charge in [0, 0.05) is 16.1 Å². The lowest BCUT2D eigenvalue weighted by atomic mass is 10.2. The summed E-state index contributed by atoms with van der Waals surface area (Å²) in [7, 11) is 0. The van der Waals surface area contributed by atoms with E-state index in [0.717, 1.165) is 0 Å². The maximum Gasteiger partial charge on any atom is 0.267 e. The zero-order valence-electron chi connectivity index (χ0n) is 10.8. The van der Waals surface area contributed by atoms with E-state index in [2.05, 4.69) is 21.0 Å². The van der Waals surface area contributed by atoms with Crippen LogP contribution in [-0.4, -0.2) is 9.78 Å². The first-order chi connectivity index (χ1) is 10.1. The van der Waals surface area contributed by atoms with E-state index >= 15 is 0 Å². The number of rotatable bonds is 3. The third kappa shape index (κ3) is 2.95. The first kappa shape index (κ1) is 13.8. The lowest BCUT2D eigenvalue weighted by molar-refractivity contribution is 0.557. The largest absolute Gasteiger partial charge is 0.463 e. The van der Waals surface area contributed by atoms with E-state index in [0.29, 0.717) is 21.5 Å². The van der Waals surface area contributed by atoms with Crippen molar-refractivity contribution in [3.8, 4) is 11.5 Å². The lowest BCUT2D eigenvalue weighted by Gasteiger charge is -2.07. The second-order valence-electron chi connectivity index (χ2n) is 4.43. The number of hydrogen-bond acceptors (Lipinski definition) is 3. The Morgan fingerprint density at radius 3 is 2.81 bits per heavy atom. The molecule has 0 saturated heterocycles. The Labute approximate surface area is 128 Å². The van der Waals surface area contributed by atoms with Gasteiger partial charge in [0.05, 0.1) is 12.8 Å². The van der Waals surface area contributed by atoms with Gasteiger partial charge in [-0.2, -0.15) is 5.10 Å².